The molecule has 0 aliphatic heterocycles. The number of nitrogens with one attached hydrogen (secondary N) is 3. The fourth-order valence-corrected chi connectivity index (χ4v) is 2.96. The number of methoxy groups -OCH3 is 1. The highest BCUT2D eigenvalue weighted by atomic mass is 35.5. The van der Waals surface area contributed by atoms with Gasteiger partial charge in [-0.1, -0.05) is 25.0 Å². The second-order valence-electron chi connectivity index (χ2n) is 6.39. The van der Waals surface area contributed by atoms with E-state index in [0.717, 1.165) is 37.8 Å². The van der Waals surface area contributed by atoms with Gasteiger partial charge in [-0.15, -0.1) is 12.4 Å². The van der Waals surface area contributed by atoms with Gasteiger partial charge in [0, 0.05) is 44.8 Å². The third-order valence-corrected chi connectivity index (χ3v) is 4.48. The molecule has 146 valence electrons. The van der Waals surface area contributed by atoms with Crippen LogP contribution in [0.1, 0.15) is 41.6 Å². The summed E-state index contributed by atoms with van der Waals surface area (Å²) in [5.74, 6) is 0.248. The minimum atomic E-state index is -0.0879. The monoisotopic (exact) mass is 383 g/mol. The lowest BCUT2D eigenvalue weighted by Crippen LogP contribution is -2.33. The van der Waals surface area contributed by atoms with Crippen molar-refractivity contribution in [2.24, 2.45) is 5.92 Å². The molecule has 0 bridgehead atoms. The molecule has 0 radical (unpaired) electrons. The zero-order valence-corrected chi connectivity index (χ0v) is 16.2. The molecule has 1 aliphatic carbocycles. The quantitative estimate of drug-likeness (QED) is 0.539. The van der Waals surface area contributed by atoms with Crippen molar-refractivity contribution in [1.29, 1.82) is 0 Å². The first-order valence-corrected chi connectivity index (χ1v) is 9.05. The lowest BCUT2D eigenvalue weighted by Gasteiger charge is -2.11. The van der Waals surface area contributed by atoms with E-state index in [1.165, 1.54) is 0 Å². The Bertz CT molecular complexity index is 545. The first-order valence-electron chi connectivity index (χ1n) is 9.05. The minimum Gasteiger partial charge on any atom is -0.383 e. The van der Waals surface area contributed by atoms with Crippen molar-refractivity contribution in [2.45, 2.75) is 32.2 Å². The Morgan fingerprint density at radius 2 is 1.73 bits per heavy atom. The highest BCUT2D eigenvalue weighted by Crippen LogP contribution is 2.24. The molecular formula is C19H30ClN3O3. The predicted molar refractivity (Wildman–Crippen MR) is 105 cm³/mol. The molecule has 6 nitrogen and oxygen atoms in total. The maximum absolute atomic E-state index is 12.1. The first kappa shape index (κ1) is 22.4. The molecule has 0 unspecified atom stereocenters. The molecule has 26 heavy (non-hydrogen) atoms. The van der Waals surface area contributed by atoms with Crippen LogP contribution in [-0.2, 0) is 16.1 Å². The molecule has 1 aromatic carbocycles. The third kappa shape index (κ3) is 7.72. The molecule has 0 saturated heterocycles. The summed E-state index contributed by atoms with van der Waals surface area (Å²) >= 11 is 0. The molecule has 3 N–H and O–H groups in total. The Morgan fingerprint density at radius 1 is 1.04 bits per heavy atom. The summed E-state index contributed by atoms with van der Waals surface area (Å²) in [6.45, 7) is 3.23. The minimum absolute atomic E-state index is 0. The number of hydrogen-bond acceptors (Lipinski definition) is 4. The fraction of sp³-hybridized carbons (Fsp3) is 0.579. The summed E-state index contributed by atoms with van der Waals surface area (Å²) < 4.78 is 4.94. The summed E-state index contributed by atoms with van der Waals surface area (Å²) in [6, 6.07) is 7.37. The zero-order valence-electron chi connectivity index (χ0n) is 15.4. The molecule has 1 aromatic rings. The number of benzene rings is 1. The lowest BCUT2D eigenvalue weighted by atomic mass is 10.1. The van der Waals surface area contributed by atoms with E-state index in [9.17, 15) is 9.59 Å². The van der Waals surface area contributed by atoms with Gasteiger partial charge in [0.25, 0.3) is 5.91 Å². The molecule has 0 aromatic heterocycles. The Kier molecular flexibility index (Phi) is 10.9. The maximum atomic E-state index is 12.1. The SMILES string of the molecule is COCCNCCNC(=O)c1ccc(CNC(=O)C2CCCC2)cc1.Cl. The largest absolute Gasteiger partial charge is 0.383 e. The Labute approximate surface area is 161 Å². The van der Waals surface area contributed by atoms with E-state index in [2.05, 4.69) is 16.0 Å². The molecule has 1 saturated carbocycles. The van der Waals surface area contributed by atoms with Crippen LogP contribution in [0.15, 0.2) is 24.3 Å². The van der Waals surface area contributed by atoms with E-state index in [4.69, 9.17) is 4.74 Å². The van der Waals surface area contributed by atoms with Gasteiger partial charge in [-0.25, -0.2) is 0 Å². The molecule has 7 heteroatoms. The molecule has 1 aliphatic rings. The van der Waals surface area contributed by atoms with Crippen LogP contribution in [0.2, 0.25) is 0 Å². The first-order chi connectivity index (χ1) is 12.2. The normalized spacial score (nSPS) is 13.9. The number of halogens is 1. The van der Waals surface area contributed by atoms with E-state index in [0.29, 0.717) is 31.8 Å². The van der Waals surface area contributed by atoms with Crippen LogP contribution in [-0.4, -0.2) is 45.2 Å². The molecule has 2 amide bonds. The average Bonchev–Trinajstić information content (AvgIpc) is 3.17. The van der Waals surface area contributed by atoms with E-state index in [1.54, 1.807) is 19.2 Å². The van der Waals surface area contributed by atoms with Gasteiger partial charge < -0.3 is 20.7 Å². The highest BCUT2D eigenvalue weighted by Gasteiger charge is 2.22. The summed E-state index contributed by atoms with van der Waals surface area (Å²) in [4.78, 5) is 24.1. The van der Waals surface area contributed by atoms with E-state index >= 15 is 0 Å². The van der Waals surface area contributed by atoms with E-state index < -0.39 is 0 Å². The number of amides is 2. The van der Waals surface area contributed by atoms with Crippen molar-refractivity contribution >= 4 is 24.2 Å². The summed E-state index contributed by atoms with van der Waals surface area (Å²) in [6.07, 6.45) is 4.32. The Hall–Kier alpha value is -1.63. The fourth-order valence-electron chi connectivity index (χ4n) is 2.96. The molecule has 2 rings (SSSR count). The standard InChI is InChI=1S/C19H29N3O3.ClH/c1-25-13-12-20-10-11-21-18(23)17-8-6-15(7-9-17)14-22-19(24)16-4-2-3-5-16;/h6-9,16,20H,2-5,10-14H2,1H3,(H,21,23)(H,22,24);1H. The topological polar surface area (TPSA) is 79.5 Å². The van der Waals surface area contributed by atoms with Gasteiger partial charge in [0.15, 0.2) is 0 Å². The summed E-state index contributed by atoms with van der Waals surface area (Å²) in [5, 5.41) is 9.03. The van der Waals surface area contributed by atoms with Crippen LogP contribution in [0.25, 0.3) is 0 Å². The second kappa shape index (κ2) is 12.7. The molecule has 0 atom stereocenters. The molecular weight excluding hydrogens is 354 g/mol. The van der Waals surface area contributed by atoms with Crippen LogP contribution in [0.5, 0.6) is 0 Å². The van der Waals surface area contributed by atoms with Crippen LogP contribution in [0.3, 0.4) is 0 Å². The van der Waals surface area contributed by atoms with Crippen LogP contribution in [0.4, 0.5) is 0 Å². The van der Waals surface area contributed by atoms with Gasteiger partial charge in [-0.05, 0) is 30.5 Å². The Morgan fingerprint density at radius 3 is 2.38 bits per heavy atom. The van der Waals surface area contributed by atoms with Crippen molar-refractivity contribution in [3.05, 3.63) is 35.4 Å². The van der Waals surface area contributed by atoms with E-state index in [-0.39, 0.29) is 30.1 Å². The van der Waals surface area contributed by atoms with Crippen LogP contribution >= 0.6 is 12.4 Å². The Balaban J connectivity index is 0.00000338. The van der Waals surface area contributed by atoms with Gasteiger partial charge >= 0.3 is 0 Å². The maximum Gasteiger partial charge on any atom is 0.251 e. The average molecular weight is 384 g/mol. The highest BCUT2D eigenvalue weighted by molar-refractivity contribution is 5.94. The molecule has 0 heterocycles. The summed E-state index contributed by atoms with van der Waals surface area (Å²) in [5.41, 5.74) is 1.63. The number of carbonyl (C=O) groups excluding carboxylic acids is 2. The van der Waals surface area contributed by atoms with Gasteiger partial charge in [0.2, 0.25) is 5.91 Å². The van der Waals surface area contributed by atoms with Gasteiger partial charge in [-0.3, -0.25) is 9.59 Å². The second-order valence-corrected chi connectivity index (χ2v) is 6.39. The smallest absolute Gasteiger partial charge is 0.251 e. The predicted octanol–water partition coefficient (Wildman–Crippen LogP) is 1.88. The van der Waals surface area contributed by atoms with Gasteiger partial charge in [0.1, 0.15) is 0 Å². The van der Waals surface area contributed by atoms with Crippen molar-refractivity contribution in [3.8, 4) is 0 Å². The molecule has 1 fully saturated rings. The van der Waals surface area contributed by atoms with Crippen molar-refractivity contribution in [2.75, 3.05) is 33.4 Å². The van der Waals surface area contributed by atoms with Crippen LogP contribution < -0.4 is 16.0 Å². The van der Waals surface area contributed by atoms with Crippen LogP contribution in [0, 0.1) is 5.92 Å². The van der Waals surface area contributed by atoms with Crippen molar-refractivity contribution in [3.63, 3.8) is 0 Å². The van der Waals surface area contributed by atoms with Gasteiger partial charge in [0.05, 0.1) is 6.61 Å². The van der Waals surface area contributed by atoms with Gasteiger partial charge in [-0.2, -0.15) is 0 Å². The zero-order chi connectivity index (χ0) is 17.9. The van der Waals surface area contributed by atoms with E-state index in [1.807, 2.05) is 12.1 Å². The number of hydrogen-bond donors (Lipinski definition) is 3. The van der Waals surface area contributed by atoms with Crippen molar-refractivity contribution in [1.82, 2.24) is 16.0 Å². The lowest BCUT2D eigenvalue weighted by molar-refractivity contribution is -0.124. The number of ether oxygens (including phenoxy) is 1. The summed E-state index contributed by atoms with van der Waals surface area (Å²) in [7, 11) is 1.66. The number of rotatable bonds is 10. The number of carbonyl (C=O) groups is 2. The third-order valence-electron chi connectivity index (χ3n) is 4.48. The van der Waals surface area contributed by atoms with Crippen molar-refractivity contribution < 1.29 is 14.3 Å². The molecule has 0 spiro atoms.